The van der Waals surface area contributed by atoms with Crippen LogP contribution in [0.5, 0.6) is 5.88 Å². The van der Waals surface area contributed by atoms with Crippen LogP contribution in [0.4, 0.5) is 5.69 Å². The number of para-hydroxylation sites is 1. The first-order chi connectivity index (χ1) is 9.60. The Kier molecular flexibility index (Phi) is 4.57. The Balaban J connectivity index is 2.68. The third-order valence-electron chi connectivity index (χ3n) is 2.95. The van der Waals surface area contributed by atoms with Gasteiger partial charge < -0.3 is 9.67 Å². The fraction of sp³-hybridized carbons (Fsp3) is 0.214. The van der Waals surface area contributed by atoms with E-state index in [4.69, 9.17) is 12.2 Å². The summed E-state index contributed by atoms with van der Waals surface area (Å²) in [7, 11) is 0. The average molecular weight is 305 g/mol. The molecule has 0 amide bonds. The average Bonchev–Trinajstić information content (AvgIpc) is 2.71. The van der Waals surface area contributed by atoms with Gasteiger partial charge in [0.05, 0.1) is 5.52 Å². The van der Waals surface area contributed by atoms with Crippen molar-refractivity contribution in [3.63, 3.8) is 0 Å². The van der Waals surface area contributed by atoms with Crippen molar-refractivity contribution in [2.24, 2.45) is 10.2 Å². The van der Waals surface area contributed by atoms with Gasteiger partial charge in [-0.25, -0.2) is 0 Å². The molecule has 6 heteroatoms. The van der Waals surface area contributed by atoms with Crippen LogP contribution in [0.2, 0.25) is 0 Å². The second kappa shape index (κ2) is 6.19. The zero-order valence-electron chi connectivity index (χ0n) is 11.3. The summed E-state index contributed by atoms with van der Waals surface area (Å²) in [5.74, 6) is 0.0850. The van der Waals surface area contributed by atoms with Gasteiger partial charge in [-0.15, -0.1) is 16.8 Å². The van der Waals surface area contributed by atoms with E-state index in [1.165, 1.54) is 11.8 Å². The minimum Gasteiger partial charge on any atom is -0.493 e. The number of hydrogen-bond acceptors (Lipinski definition) is 4. The molecule has 104 valence electrons. The standard InChI is InChI=1S/C14H15N3OS2/c1-4-8-17-12-9(2)6-5-7-10(12)11(13(17)18)15-16-14(19)20-3/h4-7,18H,1,8H2,2-3H3. The number of aromatic hydroxyl groups is 1. The molecule has 0 saturated heterocycles. The Morgan fingerprint density at radius 3 is 2.95 bits per heavy atom. The fourth-order valence-corrected chi connectivity index (χ4v) is 2.26. The molecule has 0 aliphatic rings. The molecule has 20 heavy (non-hydrogen) atoms. The van der Waals surface area contributed by atoms with Gasteiger partial charge in [0.25, 0.3) is 0 Å². The van der Waals surface area contributed by atoms with Crippen LogP contribution in [0.1, 0.15) is 5.56 Å². The third kappa shape index (κ3) is 2.62. The van der Waals surface area contributed by atoms with Gasteiger partial charge in [0.15, 0.2) is 10.0 Å². The van der Waals surface area contributed by atoms with Gasteiger partial charge in [-0.05, 0) is 31.0 Å². The van der Waals surface area contributed by atoms with E-state index in [9.17, 15) is 5.11 Å². The molecule has 0 aliphatic carbocycles. The molecule has 1 aromatic carbocycles. The van der Waals surface area contributed by atoms with Gasteiger partial charge in [0, 0.05) is 11.9 Å². The number of thioether (sulfide) groups is 1. The Morgan fingerprint density at radius 1 is 1.55 bits per heavy atom. The molecule has 0 spiro atoms. The maximum atomic E-state index is 10.4. The molecular formula is C14H15N3OS2. The Labute approximate surface area is 127 Å². The summed E-state index contributed by atoms with van der Waals surface area (Å²) in [6, 6.07) is 5.84. The quantitative estimate of drug-likeness (QED) is 0.513. The number of allylic oxidation sites excluding steroid dienone is 1. The molecule has 0 bridgehead atoms. The van der Waals surface area contributed by atoms with Crippen molar-refractivity contribution in [2.75, 3.05) is 6.26 Å². The molecule has 0 aliphatic heterocycles. The monoisotopic (exact) mass is 305 g/mol. The number of thiocarbonyl (C=S) groups is 1. The van der Waals surface area contributed by atoms with E-state index in [2.05, 4.69) is 16.8 Å². The molecule has 0 saturated carbocycles. The van der Waals surface area contributed by atoms with Crippen LogP contribution >= 0.6 is 24.0 Å². The highest BCUT2D eigenvalue weighted by Crippen LogP contribution is 2.40. The van der Waals surface area contributed by atoms with Crippen molar-refractivity contribution < 1.29 is 5.11 Å². The van der Waals surface area contributed by atoms with Gasteiger partial charge >= 0.3 is 0 Å². The zero-order valence-corrected chi connectivity index (χ0v) is 13.0. The van der Waals surface area contributed by atoms with Crippen LogP contribution in [0.25, 0.3) is 10.9 Å². The van der Waals surface area contributed by atoms with E-state index in [0.29, 0.717) is 16.6 Å². The molecule has 0 unspecified atom stereocenters. The lowest BCUT2D eigenvalue weighted by atomic mass is 10.1. The van der Waals surface area contributed by atoms with Gasteiger partial charge in [0.2, 0.25) is 5.88 Å². The summed E-state index contributed by atoms with van der Waals surface area (Å²) in [5, 5.41) is 19.3. The Bertz CT molecular complexity index is 704. The highest BCUT2D eigenvalue weighted by Gasteiger charge is 2.17. The number of aromatic nitrogens is 1. The molecule has 2 rings (SSSR count). The summed E-state index contributed by atoms with van der Waals surface area (Å²) in [5.41, 5.74) is 2.45. The number of aryl methyl sites for hydroxylation is 1. The number of benzene rings is 1. The van der Waals surface area contributed by atoms with E-state index < -0.39 is 0 Å². The SMILES string of the molecule is C=CCn1c(O)c(N=NC(=S)SC)c2cccc(C)c21. The summed E-state index contributed by atoms with van der Waals surface area (Å²) in [6.07, 6.45) is 3.57. The molecular weight excluding hydrogens is 290 g/mol. The molecule has 1 aromatic heterocycles. The normalized spacial score (nSPS) is 11.3. The van der Waals surface area contributed by atoms with Crippen LogP contribution in [-0.2, 0) is 6.54 Å². The van der Waals surface area contributed by atoms with Crippen molar-refractivity contribution in [3.8, 4) is 5.88 Å². The summed E-state index contributed by atoms with van der Waals surface area (Å²) < 4.78 is 2.20. The minimum absolute atomic E-state index is 0.0850. The van der Waals surface area contributed by atoms with Crippen LogP contribution in [0, 0.1) is 6.92 Å². The largest absolute Gasteiger partial charge is 0.493 e. The Morgan fingerprint density at radius 2 is 2.30 bits per heavy atom. The van der Waals surface area contributed by atoms with E-state index in [1.807, 2.05) is 31.4 Å². The molecule has 1 N–H and O–H groups in total. The lowest BCUT2D eigenvalue weighted by Crippen LogP contribution is -1.94. The first-order valence-electron chi connectivity index (χ1n) is 6.01. The van der Waals surface area contributed by atoms with Gasteiger partial charge in [-0.2, -0.15) is 0 Å². The van der Waals surface area contributed by atoms with E-state index in [-0.39, 0.29) is 5.88 Å². The molecule has 4 nitrogen and oxygen atoms in total. The number of fused-ring (bicyclic) bond motifs is 1. The summed E-state index contributed by atoms with van der Waals surface area (Å²) >= 11 is 6.34. The smallest absolute Gasteiger partial charge is 0.221 e. The van der Waals surface area contributed by atoms with Gasteiger partial charge in [0.1, 0.15) is 0 Å². The van der Waals surface area contributed by atoms with Crippen LogP contribution < -0.4 is 0 Å². The zero-order chi connectivity index (χ0) is 14.7. The van der Waals surface area contributed by atoms with Crippen molar-refractivity contribution in [1.29, 1.82) is 0 Å². The van der Waals surface area contributed by atoms with Crippen molar-refractivity contribution >= 4 is 44.9 Å². The van der Waals surface area contributed by atoms with Crippen molar-refractivity contribution in [3.05, 3.63) is 36.4 Å². The maximum Gasteiger partial charge on any atom is 0.221 e. The molecule has 0 radical (unpaired) electrons. The van der Waals surface area contributed by atoms with Crippen LogP contribution in [0.15, 0.2) is 41.1 Å². The number of hydrogen-bond donors (Lipinski definition) is 1. The first kappa shape index (κ1) is 14.7. The second-order valence-corrected chi connectivity index (χ2v) is 5.65. The van der Waals surface area contributed by atoms with Crippen LogP contribution in [0.3, 0.4) is 0 Å². The highest BCUT2D eigenvalue weighted by molar-refractivity contribution is 8.22. The number of azo groups is 1. The molecule has 2 aromatic rings. The van der Waals surface area contributed by atoms with Crippen molar-refractivity contribution in [1.82, 2.24) is 4.57 Å². The highest BCUT2D eigenvalue weighted by atomic mass is 32.2. The predicted octanol–water partition coefficient (Wildman–Crippen LogP) is 4.57. The molecule has 0 atom stereocenters. The van der Waals surface area contributed by atoms with Gasteiger partial charge in [-0.3, -0.25) is 0 Å². The van der Waals surface area contributed by atoms with E-state index in [1.54, 1.807) is 10.6 Å². The number of nitrogens with zero attached hydrogens (tertiary/aromatic N) is 3. The molecule has 1 heterocycles. The first-order valence-corrected chi connectivity index (χ1v) is 7.64. The van der Waals surface area contributed by atoms with E-state index in [0.717, 1.165) is 16.5 Å². The van der Waals surface area contributed by atoms with E-state index >= 15 is 0 Å². The maximum absolute atomic E-state index is 10.4. The van der Waals surface area contributed by atoms with Gasteiger partial charge in [-0.1, -0.05) is 36.0 Å². The predicted molar refractivity (Wildman–Crippen MR) is 89.2 cm³/mol. The second-order valence-electron chi connectivity index (χ2n) is 4.21. The third-order valence-corrected chi connectivity index (χ3v) is 3.96. The fourth-order valence-electron chi connectivity index (χ4n) is 2.10. The van der Waals surface area contributed by atoms with Crippen molar-refractivity contribution in [2.45, 2.75) is 13.5 Å². The lowest BCUT2D eigenvalue weighted by molar-refractivity contribution is 0.431. The summed E-state index contributed by atoms with van der Waals surface area (Å²) in [4.78, 5) is 0. The number of rotatable bonds is 3. The lowest BCUT2D eigenvalue weighted by Gasteiger charge is -2.04. The van der Waals surface area contributed by atoms with Crippen LogP contribution in [-0.4, -0.2) is 20.2 Å². The Hall–Kier alpha value is -1.66. The topological polar surface area (TPSA) is 49.9 Å². The minimum atomic E-state index is 0.0850. The summed E-state index contributed by atoms with van der Waals surface area (Å²) in [6.45, 7) is 6.22. The molecule has 0 fully saturated rings.